The van der Waals surface area contributed by atoms with Crippen LogP contribution >= 0.6 is 0 Å². The minimum Gasteiger partial charge on any atom is -0.491 e. The Balaban J connectivity index is 1.08. The van der Waals surface area contributed by atoms with Gasteiger partial charge in [0, 0.05) is 45.3 Å². The number of pyridine rings is 1. The lowest BCUT2D eigenvalue weighted by atomic mass is 9.88. The van der Waals surface area contributed by atoms with E-state index in [1.165, 1.54) is 22.6 Å². The normalized spacial score (nSPS) is 21.6. The van der Waals surface area contributed by atoms with Crippen molar-refractivity contribution in [3.63, 3.8) is 0 Å². The lowest BCUT2D eigenvalue weighted by Crippen LogP contribution is -2.47. The highest BCUT2D eigenvalue weighted by Crippen LogP contribution is 2.38. The molecule has 3 aliphatic rings. The van der Waals surface area contributed by atoms with E-state index in [-0.39, 0.29) is 35.5 Å². The third-order valence-corrected chi connectivity index (χ3v) is 11.3. The Morgan fingerprint density at radius 2 is 1.95 bits per heavy atom. The van der Waals surface area contributed by atoms with Crippen LogP contribution in [0.1, 0.15) is 26.2 Å². The van der Waals surface area contributed by atoms with Gasteiger partial charge in [-0.2, -0.15) is 4.31 Å². The Labute approximate surface area is 247 Å². The highest BCUT2D eigenvalue weighted by atomic mass is 32.2. The van der Waals surface area contributed by atoms with Crippen molar-refractivity contribution in [1.82, 2.24) is 19.3 Å². The van der Waals surface area contributed by atoms with E-state index in [9.17, 15) is 21.9 Å². The van der Waals surface area contributed by atoms with Crippen molar-refractivity contribution in [3.05, 3.63) is 36.5 Å². The number of anilines is 1. The average molecular weight is 626 g/mol. The smallest absolute Gasteiger partial charge is 0.244 e. The van der Waals surface area contributed by atoms with E-state index in [1.54, 1.807) is 25.1 Å². The second kappa shape index (κ2) is 12.6. The van der Waals surface area contributed by atoms with Crippen LogP contribution in [0.15, 0.2) is 46.3 Å². The zero-order valence-corrected chi connectivity index (χ0v) is 25.5. The number of aliphatic hydroxyl groups excluding tert-OH is 1. The van der Waals surface area contributed by atoms with Gasteiger partial charge in [0.1, 0.15) is 35.7 Å². The maximum atomic E-state index is 13.4. The van der Waals surface area contributed by atoms with Crippen LogP contribution in [0.2, 0.25) is 0 Å². The lowest BCUT2D eigenvalue weighted by molar-refractivity contribution is -0.0312. The molecule has 3 aliphatic heterocycles. The summed E-state index contributed by atoms with van der Waals surface area (Å²) < 4.78 is 72.5. The molecule has 0 radical (unpaired) electrons. The van der Waals surface area contributed by atoms with Crippen molar-refractivity contribution < 1.29 is 36.2 Å². The molecule has 1 aromatic heterocycles. The van der Waals surface area contributed by atoms with E-state index in [2.05, 4.69) is 15.0 Å². The third kappa shape index (κ3) is 6.82. The molecule has 4 heterocycles. The number of likely N-dealkylation sites (N-methyl/N-ethyl adjacent to an activating group) is 1. The SMILES string of the molecule is CCNS(=O)(=O)c1cccc(OCC(O)CNC2COC3(CCN(S(=O)(=O)c4cnc5c(c4)N(C)CCO5)CC3)C2)c1. The summed E-state index contributed by atoms with van der Waals surface area (Å²) in [6.07, 6.45) is 2.40. The first-order valence-corrected chi connectivity index (χ1v) is 17.1. The molecular weight excluding hydrogens is 586 g/mol. The first-order valence-electron chi connectivity index (χ1n) is 14.1. The summed E-state index contributed by atoms with van der Waals surface area (Å²) in [5.74, 6) is 0.795. The summed E-state index contributed by atoms with van der Waals surface area (Å²) in [5.41, 5.74) is 0.258. The predicted molar refractivity (Wildman–Crippen MR) is 155 cm³/mol. The second-order valence-corrected chi connectivity index (χ2v) is 14.6. The number of hydrogen-bond donors (Lipinski definition) is 3. The van der Waals surface area contributed by atoms with Crippen LogP contribution < -0.4 is 24.4 Å². The van der Waals surface area contributed by atoms with E-state index >= 15 is 0 Å². The number of nitrogens with one attached hydrogen (secondary N) is 2. The number of aromatic nitrogens is 1. The largest absolute Gasteiger partial charge is 0.491 e. The van der Waals surface area contributed by atoms with Gasteiger partial charge >= 0.3 is 0 Å². The number of sulfonamides is 2. The zero-order valence-electron chi connectivity index (χ0n) is 23.9. The summed E-state index contributed by atoms with van der Waals surface area (Å²) in [4.78, 5) is 6.43. The van der Waals surface area contributed by atoms with Gasteiger partial charge in [0.25, 0.3) is 0 Å². The molecule has 13 nitrogen and oxygen atoms in total. The van der Waals surface area contributed by atoms with Crippen molar-refractivity contribution in [2.24, 2.45) is 0 Å². The molecule has 3 N–H and O–H groups in total. The van der Waals surface area contributed by atoms with Gasteiger partial charge in [-0.25, -0.2) is 26.5 Å². The number of hydrogen-bond acceptors (Lipinski definition) is 11. The van der Waals surface area contributed by atoms with E-state index in [1.807, 2.05) is 11.9 Å². The summed E-state index contributed by atoms with van der Waals surface area (Å²) in [7, 11) is -5.43. The molecule has 5 rings (SSSR count). The van der Waals surface area contributed by atoms with E-state index in [4.69, 9.17) is 14.2 Å². The molecule has 232 valence electrons. The van der Waals surface area contributed by atoms with Gasteiger partial charge in [0.05, 0.1) is 29.8 Å². The molecule has 2 saturated heterocycles. The van der Waals surface area contributed by atoms with E-state index in [0.717, 1.165) is 0 Å². The molecule has 1 aromatic carbocycles. The van der Waals surface area contributed by atoms with Crippen LogP contribution in [0.3, 0.4) is 0 Å². The van der Waals surface area contributed by atoms with Gasteiger partial charge in [-0.05, 0) is 37.5 Å². The molecule has 2 aromatic rings. The minimum absolute atomic E-state index is 0.0109. The summed E-state index contributed by atoms with van der Waals surface area (Å²) >= 11 is 0. The number of nitrogens with zero attached hydrogens (tertiary/aromatic N) is 3. The number of fused-ring (bicyclic) bond motifs is 1. The second-order valence-electron chi connectivity index (χ2n) is 10.9. The van der Waals surface area contributed by atoms with Gasteiger partial charge < -0.3 is 29.5 Å². The van der Waals surface area contributed by atoms with Crippen LogP contribution in [0.5, 0.6) is 11.6 Å². The van der Waals surface area contributed by atoms with Gasteiger partial charge in [-0.3, -0.25) is 0 Å². The molecule has 0 aliphatic carbocycles. The molecule has 0 amide bonds. The maximum absolute atomic E-state index is 13.4. The van der Waals surface area contributed by atoms with Crippen LogP contribution in [0.25, 0.3) is 0 Å². The fourth-order valence-electron chi connectivity index (χ4n) is 5.51. The van der Waals surface area contributed by atoms with Gasteiger partial charge in [0.15, 0.2) is 0 Å². The van der Waals surface area contributed by atoms with Gasteiger partial charge in [-0.1, -0.05) is 13.0 Å². The zero-order chi connectivity index (χ0) is 30.0. The number of ether oxygens (including phenoxy) is 3. The van der Waals surface area contributed by atoms with Crippen LogP contribution in [-0.2, 0) is 24.8 Å². The molecule has 0 bridgehead atoms. The van der Waals surface area contributed by atoms with Crippen molar-refractivity contribution in [2.75, 3.05) is 64.5 Å². The van der Waals surface area contributed by atoms with E-state index in [0.29, 0.717) is 69.4 Å². The number of rotatable bonds is 11. The van der Waals surface area contributed by atoms with Gasteiger partial charge in [0.2, 0.25) is 25.9 Å². The monoisotopic (exact) mass is 625 g/mol. The van der Waals surface area contributed by atoms with Crippen molar-refractivity contribution in [3.8, 4) is 11.6 Å². The Morgan fingerprint density at radius 3 is 2.71 bits per heavy atom. The highest BCUT2D eigenvalue weighted by molar-refractivity contribution is 7.89. The number of benzene rings is 1. The molecule has 1 spiro atoms. The lowest BCUT2D eigenvalue weighted by Gasteiger charge is -2.38. The molecule has 2 fully saturated rings. The molecule has 2 atom stereocenters. The van der Waals surface area contributed by atoms with Crippen LogP contribution in [0.4, 0.5) is 5.69 Å². The van der Waals surface area contributed by atoms with Gasteiger partial charge in [-0.15, -0.1) is 0 Å². The molecule has 15 heteroatoms. The summed E-state index contributed by atoms with van der Waals surface area (Å²) in [6.45, 7) is 4.57. The number of aliphatic hydroxyl groups is 1. The molecule has 0 saturated carbocycles. The minimum atomic E-state index is -3.71. The first-order chi connectivity index (χ1) is 20.0. The highest BCUT2D eigenvalue weighted by Gasteiger charge is 2.45. The Kier molecular flexibility index (Phi) is 9.27. The molecule has 42 heavy (non-hydrogen) atoms. The third-order valence-electron chi connectivity index (χ3n) is 7.90. The Morgan fingerprint density at radius 1 is 1.17 bits per heavy atom. The maximum Gasteiger partial charge on any atom is 0.244 e. The van der Waals surface area contributed by atoms with E-state index < -0.39 is 31.8 Å². The topological polar surface area (TPSA) is 160 Å². The fourth-order valence-corrected chi connectivity index (χ4v) is 8.00. The quantitative estimate of drug-likeness (QED) is 0.320. The predicted octanol–water partition coefficient (Wildman–Crippen LogP) is 0.550. The molecule has 2 unspecified atom stereocenters. The van der Waals surface area contributed by atoms with Crippen molar-refractivity contribution in [2.45, 2.75) is 53.7 Å². The standard InChI is InChI=1S/C27H39N5O8S2/c1-3-30-41(34,35)23-6-4-5-22(13-23)39-19-21(33)16-28-20-15-27(40-18-20)7-9-32(10-8-27)42(36,37)24-14-25-26(29-17-24)38-12-11-31(25)2/h4-6,13-14,17,20-21,28,30,33H,3,7-12,15-16,18-19H2,1-2H3. The number of piperidine rings is 1. The summed E-state index contributed by atoms with van der Waals surface area (Å²) in [6, 6.07) is 7.78. The fraction of sp³-hybridized carbons (Fsp3) is 0.593. The first kappa shape index (κ1) is 30.9. The Hall–Kier alpha value is -2.53. The van der Waals surface area contributed by atoms with Crippen molar-refractivity contribution >= 4 is 25.7 Å². The Bertz CT molecular complexity index is 1460. The van der Waals surface area contributed by atoms with Crippen LogP contribution in [0, 0.1) is 0 Å². The summed E-state index contributed by atoms with van der Waals surface area (Å²) in [5, 5.41) is 13.8. The average Bonchev–Trinajstić information content (AvgIpc) is 3.37. The van der Waals surface area contributed by atoms with Crippen LogP contribution in [-0.4, -0.2) is 109 Å². The molecular formula is C27H39N5O8S2. The van der Waals surface area contributed by atoms with Crippen molar-refractivity contribution in [1.29, 1.82) is 0 Å².